The smallest absolute Gasteiger partial charge is 0.0540 e. The van der Waals surface area contributed by atoms with E-state index >= 15 is 0 Å². The zero-order valence-electron chi connectivity index (χ0n) is 50.9. The minimum absolute atomic E-state index is 1.05. The van der Waals surface area contributed by atoms with Crippen LogP contribution >= 0.6 is 11.3 Å². The molecule has 0 saturated heterocycles. The van der Waals surface area contributed by atoms with Gasteiger partial charge in [0, 0.05) is 54.2 Å². The first-order chi connectivity index (χ1) is 46.1. The zero-order chi connectivity index (χ0) is 61.6. The van der Waals surface area contributed by atoms with Crippen LogP contribution in [0.5, 0.6) is 0 Å². The highest BCUT2D eigenvalue weighted by atomic mass is 32.1. The van der Waals surface area contributed by atoms with E-state index in [1.807, 2.05) is 11.3 Å². The van der Waals surface area contributed by atoms with Crippen LogP contribution in [-0.4, -0.2) is 0 Å². The maximum absolute atomic E-state index is 2.43. The lowest BCUT2D eigenvalue weighted by Gasteiger charge is -2.29. The Kier molecular flexibility index (Phi) is 14.1. The predicted molar refractivity (Wildman–Crippen MR) is 399 cm³/mol. The molecule has 3 heteroatoms. The molecule has 0 amide bonds. The first kappa shape index (κ1) is 55.2. The van der Waals surface area contributed by atoms with Gasteiger partial charge in [0.2, 0.25) is 0 Å². The van der Waals surface area contributed by atoms with Crippen molar-refractivity contribution in [2.24, 2.45) is 0 Å². The minimum Gasteiger partial charge on any atom is -0.310 e. The van der Waals surface area contributed by atoms with Crippen LogP contribution in [0.1, 0.15) is 0 Å². The van der Waals surface area contributed by atoms with Crippen molar-refractivity contribution >= 4 is 98.0 Å². The van der Waals surface area contributed by atoms with Crippen LogP contribution in [-0.2, 0) is 0 Å². The zero-order valence-corrected chi connectivity index (χ0v) is 51.8. The molecule has 93 heavy (non-hydrogen) atoms. The highest BCUT2D eigenvalue weighted by molar-refractivity contribution is 7.26. The Bertz CT molecular complexity index is 5590. The van der Waals surface area contributed by atoms with Gasteiger partial charge in [0.25, 0.3) is 0 Å². The second-order valence-electron chi connectivity index (χ2n) is 23.9. The average molecular weight is 1200 g/mol. The van der Waals surface area contributed by atoms with E-state index in [4.69, 9.17) is 0 Å². The summed E-state index contributed by atoms with van der Waals surface area (Å²) >= 11 is 1.88. The van der Waals surface area contributed by atoms with Gasteiger partial charge < -0.3 is 9.80 Å². The highest BCUT2D eigenvalue weighted by Gasteiger charge is 2.22. The van der Waals surface area contributed by atoms with E-state index in [0.717, 1.165) is 50.8 Å². The fraction of sp³-hybridized carbons (Fsp3) is 0. The van der Waals surface area contributed by atoms with E-state index in [9.17, 15) is 0 Å². The summed E-state index contributed by atoms with van der Waals surface area (Å²) < 4.78 is 2.61. The molecule has 436 valence electrons. The van der Waals surface area contributed by atoms with E-state index < -0.39 is 0 Å². The maximum atomic E-state index is 2.43. The van der Waals surface area contributed by atoms with Gasteiger partial charge in [-0.05, 0) is 184 Å². The lowest BCUT2D eigenvalue weighted by Crippen LogP contribution is -2.12. The van der Waals surface area contributed by atoms with Crippen LogP contribution in [0.15, 0.2) is 364 Å². The van der Waals surface area contributed by atoms with Crippen molar-refractivity contribution in [3.63, 3.8) is 0 Å². The largest absolute Gasteiger partial charge is 0.310 e. The fourth-order valence-electron chi connectivity index (χ4n) is 13.9. The quantitative estimate of drug-likeness (QED) is 0.114. The van der Waals surface area contributed by atoms with Crippen molar-refractivity contribution in [3.05, 3.63) is 364 Å². The Morgan fingerprint density at radius 2 is 0.602 bits per heavy atom. The van der Waals surface area contributed by atoms with Crippen molar-refractivity contribution in [2.45, 2.75) is 0 Å². The van der Waals surface area contributed by atoms with Gasteiger partial charge in [-0.1, -0.05) is 285 Å². The third-order valence-corrected chi connectivity index (χ3v) is 19.7. The molecule has 1 aromatic heterocycles. The number of para-hydroxylation sites is 1. The molecule has 16 aromatic carbocycles. The SMILES string of the molecule is c1ccc(-c2ccc(-c3ccc(N(c4ccc(-c5cccc6ccccc56)cc4)c4ccccc4-c4cccc(N(c5ccc(-c6ccc7ccccc7c6)cc5)c5ccc(-c6ccc7c(c6)sc6c(-c8ccccc8)cccc67)cc5)c4)cc3)c3ccccc23)cc1. The molecular formula is C90H60N2S. The van der Waals surface area contributed by atoms with Crippen molar-refractivity contribution in [3.8, 4) is 77.9 Å². The van der Waals surface area contributed by atoms with E-state index in [2.05, 4.69) is 374 Å². The Morgan fingerprint density at radius 3 is 1.26 bits per heavy atom. The first-order valence-corrected chi connectivity index (χ1v) is 32.7. The summed E-state index contributed by atoms with van der Waals surface area (Å²) in [6, 6.07) is 134. The number of hydrogen-bond acceptors (Lipinski definition) is 3. The molecule has 0 saturated carbocycles. The summed E-state index contributed by atoms with van der Waals surface area (Å²) in [5.74, 6) is 0. The molecule has 0 fully saturated rings. The molecule has 0 atom stereocenters. The maximum Gasteiger partial charge on any atom is 0.0540 e. The Labute approximate surface area is 546 Å². The third-order valence-electron chi connectivity index (χ3n) is 18.5. The van der Waals surface area contributed by atoms with Crippen LogP contribution in [0.2, 0.25) is 0 Å². The molecule has 0 unspecified atom stereocenters. The second-order valence-corrected chi connectivity index (χ2v) is 25.0. The van der Waals surface area contributed by atoms with Crippen molar-refractivity contribution in [1.29, 1.82) is 0 Å². The number of thiophene rings is 1. The number of anilines is 6. The van der Waals surface area contributed by atoms with E-state index in [1.165, 1.54) is 114 Å². The van der Waals surface area contributed by atoms with Gasteiger partial charge in [0.1, 0.15) is 0 Å². The molecule has 0 spiro atoms. The molecule has 1 heterocycles. The second kappa shape index (κ2) is 23.8. The molecule has 0 aliphatic heterocycles. The van der Waals surface area contributed by atoms with Crippen LogP contribution < -0.4 is 9.80 Å². The van der Waals surface area contributed by atoms with Crippen molar-refractivity contribution < 1.29 is 0 Å². The minimum atomic E-state index is 1.05. The molecule has 0 bridgehead atoms. The number of rotatable bonds is 13. The van der Waals surface area contributed by atoms with E-state index in [1.54, 1.807) is 0 Å². The number of nitrogens with zero attached hydrogens (tertiary/aromatic N) is 2. The molecule has 17 rings (SSSR count). The summed E-state index contributed by atoms with van der Waals surface area (Å²) in [5.41, 5.74) is 23.0. The Morgan fingerprint density at radius 1 is 0.183 bits per heavy atom. The molecule has 0 aliphatic rings. The van der Waals surface area contributed by atoms with Gasteiger partial charge in [0.05, 0.1) is 5.69 Å². The van der Waals surface area contributed by atoms with E-state index in [0.29, 0.717) is 0 Å². The predicted octanol–water partition coefficient (Wildman–Crippen LogP) is 26.1. The highest BCUT2D eigenvalue weighted by Crippen LogP contribution is 2.47. The van der Waals surface area contributed by atoms with Crippen molar-refractivity contribution in [2.75, 3.05) is 9.80 Å². The normalized spacial score (nSPS) is 11.4. The van der Waals surface area contributed by atoms with Gasteiger partial charge >= 0.3 is 0 Å². The van der Waals surface area contributed by atoms with Gasteiger partial charge in [-0.25, -0.2) is 0 Å². The molecule has 0 aliphatic carbocycles. The van der Waals surface area contributed by atoms with E-state index in [-0.39, 0.29) is 0 Å². The summed E-state index contributed by atoms with van der Waals surface area (Å²) in [4.78, 5) is 4.83. The molecule has 17 aromatic rings. The van der Waals surface area contributed by atoms with Crippen molar-refractivity contribution in [1.82, 2.24) is 0 Å². The first-order valence-electron chi connectivity index (χ1n) is 31.9. The lowest BCUT2D eigenvalue weighted by molar-refractivity contribution is 1.27. The van der Waals surface area contributed by atoms with Gasteiger partial charge in [-0.3, -0.25) is 0 Å². The van der Waals surface area contributed by atoms with Gasteiger partial charge in [-0.2, -0.15) is 0 Å². The number of hydrogen-bond donors (Lipinski definition) is 0. The van der Waals surface area contributed by atoms with Crippen LogP contribution in [0, 0.1) is 0 Å². The molecule has 0 N–H and O–H groups in total. The molecule has 0 radical (unpaired) electrons. The summed E-state index contributed by atoms with van der Waals surface area (Å²) in [6.07, 6.45) is 0. The topological polar surface area (TPSA) is 6.48 Å². The third kappa shape index (κ3) is 10.4. The monoisotopic (exact) mass is 1200 g/mol. The average Bonchev–Trinajstić information content (AvgIpc) is 1.84. The Hall–Kier alpha value is -11.9. The lowest BCUT2D eigenvalue weighted by atomic mass is 9.92. The fourth-order valence-corrected chi connectivity index (χ4v) is 15.2. The Balaban J connectivity index is 0.766. The number of benzene rings is 16. The van der Waals surface area contributed by atoms with Gasteiger partial charge in [0.15, 0.2) is 0 Å². The standard InChI is InChI=1S/C90H60N2S/c1-3-19-64(20-4-1)80-56-57-81(85-31-12-11-30-84(80)85)68-44-53-76(54-45-68)92(75-51-42-67(43-52-75)79-32-16-25-65-23-9-10-28-78(65)79)88-35-14-13-29-82(88)72-26-15-27-77(59-72)91(73-47-38-62(39-48-73)70-37-36-61-18-7-8-24-69(61)58-70)74-49-40-63(41-50-74)71-46-55-86-87-34-17-33-83(66-21-5-2-6-22-66)90(87)93-89(86)60-71/h1-60H. The van der Waals surface area contributed by atoms with Crippen LogP contribution in [0.4, 0.5) is 34.1 Å². The molecule has 2 nitrogen and oxygen atoms in total. The summed E-state index contributed by atoms with van der Waals surface area (Å²) in [6.45, 7) is 0. The number of fused-ring (bicyclic) bond motifs is 6. The van der Waals surface area contributed by atoms with Crippen LogP contribution in [0.3, 0.4) is 0 Å². The van der Waals surface area contributed by atoms with Gasteiger partial charge in [-0.15, -0.1) is 11.3 Å². The summed E-state index contributed by atoms with van der Waals surface area (Å²) in [5, 5.41) is 9.99. The summed E-state index contributed by atoms with van der Waals surface area (Å²) in [7, 11) is 0. The molecular weight excluding hydrogens is 1140 g/mol. The van der Waals surface area contributed by atoms with Crippen LogP contribution in [0.25, 0.3) is 130 Å².